The zero-order chi connectivity index (χ0) is 22.2. The summed E-state index contributed by atoms with van der Waals surface area (Å²) in [4.78, 5) is 24.7. The number of fused-ring (bicyclic) bond motifs is 1. The lowest BCUT2D eigenvalue weighted by molar-refractivity contribution is -0.119. The number of anilines is 1. The molecular formula is C23H22N2O6. The largest absolute Gasteiger partial charge is 0.493 e. The van der Waals surface area contributed by atoms with Crippen molar-refractivity contribution in [2.45, 2.75) is 19.8 Å². The molecule has 0 saturated carbocycles. The number of rotatable bonds is 9. The van der Waals surface area contributed by atoms with Crippen LogP contribution in [0.1, 0.15) is 35.9 Å². The summed E-state index contributed by atoms with van der Waals surface area (Å²) in [5.74, 6) is -0.377. The summed E-state index contributed by atoms with van der Waals surface area (Å²) >= 11 is 0. The van der Waals surface area contributed by atoms with Crippen molar-refractivity contribution < 1.29 is 28.2 Å². The Hall–Kier alpha value is -3.99. The number of hydrogen-bond acceptors (Lipinski definition) is 7. The van der Waals surface area contributed by atoms with Crippen LogP contribution in [0.3, 0.4) is 0 Å². The number of carbonyl (C=O) groups excluding carboxylic acids is 2. The van der Waals surface area contributed by atoms with Crippen LogP contribution in [0.25, 0.3) is 11.0 Å². The maximum Gasteiger partial charge on any atom is 0.338 e. The number of esters is 1. The van der Waals surface area contributed by atoms with E-state index in [9.17, 15) is 14.9 Å². The van der Waals surface area contributed by atoms with Gasteiger partial charge in [-0.2, -0.15) is 5.26 Å². The molecule has 0 saturated heterocycles. The number of para-hydroxylation sites is 1. The third-order valence-corrected chi connectivity index (χ3v) is 4.45. The van der Waals surface area contributed by atoms with Gasteiger partial charge in [-0.25, -0.2) is 4.79 Å². The van der Waals surface area contributed by atoms with Crippen molar-refractivity contribution in [3.8, 4) is 17.6 Å². The first-order valence-corrected chi connectivity index (χ1v) is 9.76. The molecule has 160 valence electrons. The Morgan fingerprint density at radius 2 is 1.97 bits per heavy atom. The van der Waals surface area contributed by atoms with Crippen LogP contribution in [0.5, 0.6) is 11.5 Å². The highest BCUT2D eigenvalue weighted by Gasteiger charge is 2.18. The molecule has 3 rings (SSSR count). The molecule has 1 N–H and O–H groups in total. The molecule has 0 radical (unpaired) electrons. The number of unbranched alkanes of at least 4 members (excludes halogenated alkanes) is 1. The molecule has 31 heavy (non-hydrogen) atoms. The number of hydrogen-bond donors (Lipinski definition) is 1. The van der Waals surface area contributed by atoms with Crippen molar-refractivity contribution >= 4 is 28.5 Å². The Kier molecular flexibility index (Phi) is 7.12. The number of carbonyl (C=O) groups is 2. The molecule has 0 aliphatic heterocycles. The molecule has 0 atom stereocenters. The molecule has 1 heterocycles. The fraction of sp³-hybridized carbons (Fsp3) is 0.261. The minimum Gasteiger partial charge on any atom is -0.493 e. The van der Waals surface area contributed by atoms with Crippen LogP contribution < -0.4 is 14.8 Å². The van der Waals surface area contributed by atoms with Gasteiger partial charge in [0.2, 0.25) is 5.76 Å². The van der Waals surface area contributed by atoms with E-state index in [4.69, 9.17) is 18.6 Å². The second-order valence-electron chi connectivity index (χ2n) is 6.61. The van der Waals surface area contributed by atoms with Gasteiger partial charge >= 0.3 is 5.97 Å². The highest BCUT2D eigenvalue weighted by Crippen LogP contribution is 2.30. The van der Waals surface area contributed by atoms with Crippen LogP contribution in [0.2, 0.25) is 0 Å². The SMILES string of the molecule is CCCCOc1ccc(C(=O)OCC(=O)Nc2c(C#N)oc3ccccc23)cc1OC. The van der Waals surface area contributed by atoms with E-state index in [2.05, 4.69) is 12.2 Å². The van der Waals surface area contributed by atoms with Crippen molar-refractivity contribution in [2.75, 3.05) is 25.6 Å². The maximum absolute atomic E-state index is 12.4. The fourth-order valence-electron chi connectivity index (χ4n) is 2.88. The predicted octanol–water partition coefficient (Wildman–Crippen LogP) is 4.29. The number of benzene rings is 2. The second kappa shape index (κ2) is 10.2. The average molecular weight is 422 g/mol. The van der Waals surface area contributed by atoms with Crippen molar-refractivity contribution in [1.29, 1.82) is 5.26 Å². The molecular weight excluding hydrogens is 400 g/mol. The lowest BCUT2D eigenvalue weighted by atomic mass is 10.2. The Morgan fingerprint density at radius 1 is 1.16 bits per heavy atom. The third kappa shape index (κ3) is 5.14. The summed E-state index contributed by atoms with van der Waals surface area (Å²) in [5.41, 5.74) is 0.938. The van der Waals surface area contributed by atoms with Crippen LogP contribution in [0, 0.1) is 11.3 Å². The molecule has 0 aliphatic carbocycles. The van der Waals surface area contributed by atoms with Gasteiger partial charge in [0.1, 0.15) is 17.3 Å². The second-order valence-corrected chi connectivity index (χ2v) is 6.61. The van der Waals surface area contributed by atoms with Gasteiger partial charge in [-0.1, -0.05) is 25.5 Å². The molecule has 0 aliphatic rings. The number of furan rings is 1. The van der Waals surface area contributed by atoms with Gasteiger partial charge in [0.15, 0.2) is 18.1 Å². The summed E-state index contributed by atoms with van der Waals surface area (Å²) < 4.78 is 21.4. The van der Waals surface area contributed by atoms with E-state index in [1.165, 1.54) is 13.2 Å². The standard InChI is InChI=1S/C23H22N2O6/c1-3-4-11-29-18-10-9-15(12-19(18)28-2)23(27)30-14-21(26)25-22-16-7-5-6-8-17(16)31-20(22)13-24/h5-10,12H,3-4,11,14H2,1-2H3,(H,25,26). The van der Waals surface area contributed by atoms with Gasteiger partial charge in [0.05, 0.1) is 19.3 Å². The summed E-state index contributed by atoms with van der Waals surface area (Å²) in [6.45, 7) is 2.08. The van der Waals surface area contributed by atoms with Gasteiger partial charge in [-0.15, -0.1) is 0 Å². The highest BCUT2D eigenvalue weighted by molar-refractivity contribution is 6.04. The number of methoxy groups -OCH3 is 1. The molecule has 8 heteroatoms. The smallest absolute Gasteiger partial charge is 0.338 e. The maximum atomic E-state index is 12.4. The topological polar surface area (TPSA) is 111 Å². The molecule has 8 nitrogen and oxygen atoms in total. The van der Waals surface area contributed by atoms with E-state index < -0.39 is 18.5 Å². The van der Waals surface area contributed by atoms with E-state index in [1.807, 2.05) is 6.07 Å². The molecule has 0 fully saturated rings. The lowest BCUT2D eigenvalue weighted by Crippen LogP contribution is -2.21. The third-order valence-electron chi connectivity index (χ3n) is 4.45. The fourth-order valence-corrected chi connectivity index (χ4v) is 2.88. The minimum atomic E-state index is -0.689. The molecule has 0 spiro atoms. The van der Waals surface area contributed by atoms with Crippen LogP contribution in [0.15, 0.2) is 46.9 Å². The summed E-state index contributed by atoms with van der Waals surface area (Å²) in [5, 5.41) is 12.4. The Morgan fingerprint density at radius 3 is 2.71 bits per heavy atom. The van der Waals surface area contributed by atoms with E-state index in [1.54, 1.807) is 36.4 Å². The van der Waals surface area contributed by atoms with Gasteiger partial charge in [0, 0.05) is 5.39 Å². The Labute approximate surface area is 179 Å². The quantitative estimate of drug-likeness (QED) is 0.404. The lowest BCUT2D eigenvalue weighted by Gasteiger charge is -2.12. The zero-order valence-corrected chi connectivity index (χ0v) is 17.3. The van der Waals surface area contributed by atoms with E-state index in [0.717, 1.165) is 12.8 Å². The molecule has 0 bridgehead atoms. The van der Waals surface area contributed by atoms with Gasteiger partial charge in [0.25, 0.3) is 5.91 Å². The monoisotopic (exact) mass is 422 g/mol. The van der Waals surface area contributed by atoms with E-state index in [-0.39, 0.29) is 17.0 Å². The van der Waals surface area contributed by atoms with E-state index >= 15 is 0 Å². The summed E-state index contributed by atoms with van der Waals surface area (Å²) in [6, 6.07) is 13.5. The molecule has 1 aromatic heterocycles. The minimum absolute atomic E-state index is 0.0238. The van der Waals surface area contributed by atoms with Gasteiger partial charge < -0.3 is 23.9 Å². The van der Waals surface area contributed by atoms with Gasteiger partial charge in [-0.05, 0) is 36.8 Å². The van der Waals surface area contributed by atoms with E-state index in [0.29, 0.717) is 29.1 Å². The zero-order valence-electron chi connectivity index (χ0n) is 17.3. The predicted molar refractivity (Wildman–Crippen MR) is 113 cm³/mol. The number of ether oxygens (including phenoxy) is 3. The first kappa shape index (κ1) is 21.7. The normalized spacial score (nSPS) is 10.4. The van der Waals surface area contributed by atoms with Crippen molar-refractivity contribution in [1.82, 2.24) is 0 Å². The number of nitriles is 1. The first-order chi connectivity index (χ1) is 15.1. The first-order valence-electron chi connectivity index (χ1n) is 9.76. The summed E-state index contributed by atoms with van der Waals surface area (Å²) in [7, 11) is 1.48. The average Bonchev–Trinajstić information content (AvgIpc) is 3.15. The van der Waals surface area contributed by atoms with Crippen molar-refractivity contribution in [3.05, 3.63) is 53.8 Å². The molecule has 2 aromatic carbocycles. The molecule has 3 aromatic rings. The number of nitrogens with zero attached hydrogens (tertiary/aromatic N) is 1. The number of amides is 1. The molecule has 1 amide bonds. The van der Waals surface area contributed by atoms with Crippen LogP contribution in [-0.4, -0.2) is 32.2 Å². The van der Waals surface area contributed by atoms with Crippen molar-refractivity contribution in [3.63, 3.8) is 0 Å². The van der Waals surface area contributed by atoms with Crippen LogP contribution in [-0.2, 0) is 9.53 Å². The molecule has 0 unspecified atom stereocenters. The van der Waals surface area contributed by atoms with Crippen LogP contribution in [0.4, 0.5) is 5.69 Å². The summed E-state index contributed by atoms with van der Waals surface area (Å²) in [6.07, 6.45) is 1.90. The van der Waals surface area contributed by atoms with Crippen LogP contribution >= 0.6 is 0 Å². The Balaban J connectivity index is 1.63. The number of nitrogens with one attached hydrogen (secondary N) is 1. The Bertz CT molecular complexity index is 1130. The highest BCUT2D eigenvalue weighted by atomic mass is 16.5. The van der Waals surface area contributed by atoms with Crippen molar-refractivity contribution in [2.24, 2.45) is 0 Å². The van der Waals surface area contributed by atoms with Gasteiger partial charge in [-0.3, -0.25) is 4.79 Å².